The van der Waals surface area contributed by atoms with Crippen LogP contribution >= 0.6 is 11.3 Å². The number of fused-ring (bicyclic) bond motifs is 6. The van der Waals surface area contributed by atoms with Crippen LogP contribution in [0.2, 0.25) is 0 Å². The van der Waals surface area contributed by atoms with Crippen LogP contribution in [0.15, 0.2) is 58.3 Å². The van der Waals surface area contributed by atoms with E-state index in [-0.39, 0.29) is 5.56 Å². The van der Waals surface area contributed by atoms with E-state index in [0.29, 0.717) is 20.8 Å². The molecule has 0 aliphatic carbocycles. The lowest BCUT2D eigenvalue weighted by Gasteiger charge is -2.44. The third kappa shape index (κ3) is 2.97. The van der Waals surface area contributed by atoms with Crippen LogP contribution in [0.1, 0.15) is 24.1 Å². The highest BCUT2D eigenvalue weighted by atomic mass is 32.1. The van der Waals surface area contributed by atoms with Crippen molar-refractivity contribution >= 4 is 23.4 Å². The Morgan fingerprint density at radius 1 is 1.23 bits per heavy atom. The number of hydrogen-bond donors (Lipinski definition) is 0. The summed E-state index contributed by atoms with van der Waals surface area (Å²) in [4.78, 5) is 31.5. The molecule has 0 unspecified atom stereocenters. The molecule has 0 radical (unpaired) electrons. The Morgan fingerprint density at radius 2 is 2.03 bits per heavy atom. The standard InChI is InChI=1S/C23H20N2O5S/c1-23-18(21(27)29-3)19(15-9-4-5-10-16(15)30-23)25-20(26)17(31-22(25)24-23)12-13-7-6-8-14(11-13)28-2/h4-12,18-19H,1-3H3/t18-,19+,23+/m0/s1. The van der Waals surface area contributed by atoms with Gasteiger partial charge in [0.1, 0.15) is 17.4 Å². The second kappa shape index (κ2) is 7.09. The van der Waals surface area contributed by atoms with Crippen molar-refractivity contribution in [3.05, 3.63) is 79.3 Å². The molecule has 3 atom stereocenters. The zero-order chi connectivity index (χ0) is 21.8. The van der Waals surface area contributed by atoms with Gasteiger partial charge in [-0.05, 0) is 36.8 Å². The number of para-hydroxylation sites is 1. The zero-order valence-corrected chi connectivity index (χ0v) is 18.0. The smallest absolute Gasteiger partial charge is 0.317 e. The maximum absolute atomic E-state index is 13.5. The van der Waals surface area contributed by atoms with Crippen LogP contribution in [0.4, 0.5) is 0 Å². The lowest BCUT2D eigenvalue weighted by atomic mass is 9.81. The second-order valence-electron chi connectivity index (χ2n) is 7.60. The minimum atomic E-state index is -1.17. The molecule has 0 fully saturated rings. The third-order valence-corrected chi connectivity index (χ3v) is 6.71. The van der Waals surface area contributed by atoms with Crippen LogP contribution in [0.25, 0.3) is 6.08 Å². The fourth-order valence-electron chi connectivity index (χ4n) is 4.31. The van der Waals surface area contributed by atoms with Crippen molar-refractivity contribution in [1.82, 2.24) is 4.57 Å². The SMILES string of the molecule is COC(=O)[C@@H]1[C@H]2c3ccccc3O[C@@]1(C)N=c1sc(=Cc3cccc(OC)c3)c(=O)n12. The van der Waals surface area contributed by atoms with Crippen molar-refractivity contribution in [2.75, 3.05) is 14.2 Å². The molecule has 3 aromatic rings. The van der Waals surface area contributed by atoms with Gasteiger partial charge in [-0.1, -0.05) is 41.7 Å². The molecule has 2 aromatic carbocycles. The predicted octanol–water partition coefficient (Wildman–Crippen LogP) is 1.87. The highest BCUT2D eigenvalue weighted by Crippen LogP contribution is 2.47. The first-order valence-corrected chi connectivity index (χ1v) is 10.6. The maximum atomic E-state index is 13.5. The van der Waals surface area contributed by atoms with Crippen molar-refractivity contribution in [1.29, 1.82) is 0 Å². The molecule has 0 N–H and O–H groups in total. The number of carbonyl (C=O) groups is 1. The van der Waals surface area contributed by atoms with Crippen molar-refractivity contribution in [3.63, 3.8) is 0 Å². The summed E-state index contributed by atoms with van der Waals surface area (Å²) < 4.78 is 18.6. The number of aromatic nitrogens is 1. The summed E-state index contributed by atoms with van der Waals surface area (Å²) in [5.74, 6) is 0.0713. The Hall–Kier alpha value is -3.39. The van der Waals surface area contributed by atoms with Gasteiger partial charge in [0, 0.05) is 5.56 Å². The summed E-state index contributed by atoms with van der Waals surface area (Å²) in [7, 11) is 2.93. The largest absolute Gasteiger partial charge is 0.497 e. The lowest BCUT2D eigenvalue weighted by Crippen LogP contribution is -2.58. The molecule has 0 amide bonds. The van der Waals surface area contributed by atoms with Gasteiger partial charge >= 0.3 is 5.97 Å². The summed E-state index contributed by atoms with van der Waals surface area (Å²) in [6.07, 6.45) is 1.81. The first kappa shape index (κ1) is 19.6. The predicted molar refractivity (Wildman–Crippen MR) is 115 cm³/mol. The Balaban J connectivity index is 1.77. The monoisotopic (exact) mass is 436 g/mol. The number of rotatable bonds is 3. The highest BCUT2D eigenvalue weighted by molar-refractivity contribution is 7.07. The van der Waals surface area contributed by atoms with Crippen LogP contribution < -0.4 is 24.4 Å². The average molecular weight is 436 g/mol. The number of hydrogen-bond acceptors (Lipinski definition) is 7. The molecule has 3 heterocycles. The van der Waals surface area contributed by atoms with Crippen molar-refractivity contribution < 1.29 is 19.0 Å². The second-order valence-corrected chi connectivity index (χ2v) is 8.61. The summed E-state index contributed by atoms with van der Waals surface area (Å²) >= 11 is 1.28. The van der Waals surface area contributed by atoms with Crippen LogP contribution in [-0.4, -0.2) is 30.5 Å². The first-order valence-electron chi connectivity index (χ1n) is 9.78. The quantitative estimate of drug-likeness (QED) is 0.586. The molecule has 2 aliphatic heterocycles. The summed E-state index contributed by atoms with van der Waals surface area (Å²) in [5.41, 5.74) is 0.228. The Labute approximate surface area is 181 Å². The van der Waals surface area contributed by atoms with Gasteiger partial charge in [-0.2, -0.15) is 0 Å². The van der Waals surface area contributed by atoms with Gasteiger partial charge < -0.3 is 14.2 Å². The van der Waals surface area contributed by atoms with E-state index in [1.165, 1.54) is 18.4 Å². The normalized spacial score (nSPS) is 23.8. The van der Waals surface area contributed by atoms with E-state index in [2.05, 4.69) is 0 Å². The molecule has 5 rings (SSSR count). The van der Waals surface area contributed by atoms with E-state index >= 15 is 0 Å². The Kier molecular flexibility index (Phi) is 4.48. The topological polar surface area (TPSA) is 79.1 Å². The van der Waals surface area contributed by atoms with Gasteiger partial charge in [0.15, 0.2) is 4.80 Å². The summed E-state index contributed by atoms with van der Waals surface area (Å²) in [6.45, 7) is 1.76. The third-order valence-electron chi connectivity index (χ3n) is 5.73. The van der Waals surface area contributed by atoms with Crippen LogP contribution in [0, 0.1) is 5.92 Å². The van der Waals surface area contributed by atoms with E-state index in [9.17, 15) is 9.59 Å². The van der Waals surface area contributed by atoms with Gasteiger partial charge in [0.25, 0.3) is 5.56 Å². The number of esters is 1. The van der Waals surface area contributed by atoms with Crippen molar-refractivity contribution in [2.24, 2.45) is 10.9 Å². The highest BCUT2D eigenvalue weighted by Gasteiger charge is 2.55. The fraction of sp³-hybridized carbons (Fsp3) is 0.261. The molecule has 2 bridgehead atoms. The molecular weight excluding hydrogens is 416 g/mol. The van der Waals surface area contributed by atoms with Gasteiger partial charge in [-0.15, -0.1) is 0 Å². The Morgan fingerprint density at radius 3 is 2.81 bits per heavy atom. The van der Waals surface area contributed by atoms with Crippen molar-refractivity contribution in [2.45, 2.75) is 18.7 Å². The van der Waals surface area contributed by atoms with Gasteiger partial charge in [0.05, 0.1) is 24.8 Å². The van der Waals surface area contributed by atoms with Crippen LogP contribution in [0.5, 0.6) is 11.5 Å². The van der Waals surface area contributed by atoms with Crippen LogP contribution in [0.3, 0.4) is 0 Å². The number of benzene rings is 2. The van der Waals surface area contributed by atoms with E-state index in [1.54, 1.807) is 18.6 Å². The average Bonchev–Trinajstić information content (AvgIpc) is 3.06. The molecule has 7 nitrogen and oxygen atoms in total. The summed E-state index contributed by atoms with van der Waals surface area (Å²) in [5, 5.41) is 0. The zero-order valence-electron chi connectivity index (χ0n) is 17.2. The van der Waals surface area contributed by atoms with Gasteiger partial charge in [-0.25, -0.2) is 4.99 Å². The summed E-state index contributed by atoms with van der Waals surface area (Å²) in [6, 6.07) is 14.3. The van der Waals surface area contributed by atoms with E-state index in [0.717, 1.165) is 11.1 Å². The Bertz CT molecular complexity index is 1380. The molecule has 31 heavy (non-hydrogen) atoms. The van der Waals surface area contributed by atoms with Crippen LogP contribution in [-0.2, 0) is 9.53 Å². The fourth-order valence-corrected chi connectivity index (χ4v) is 5.41. The number of nitrogens with zero attached hydrogens (tertiary/aromatic N) is 2. The minimum Gasteiger partial charge on any atom is -0.497 e. The molecule has 0 saturated carbocycles. The number of methoxy groups -OCH3 is 2. The number of thiazole rings is 1. The molecule has 8 heteroatoms. The molecule has 0 saturated heterocycles. The number of carbonyl (C=O) groups excluding carboxylic acids is 1. The molecule has 0 spiro atoms. The molecular formula is C23H20N2O5S. The van der Waals surface area contributed by atoms with E-state index in [4.69, 9.17) is 19.2 Å². The number of ether oxygens (including phenoxy) is 3. The molecule has 158 valence electrons. The maximum Gasteiger partial charge on any atom is 0.317 e. The van der Waals surface area contributed by atoms with E-state index in [1.807, 2.05) is 54.6 Å². The van der Waals surface area contributed by atoms with Crippen molar-refractivity contribution in [3.8, 4) is 11.5 Å². The lowest BCUT2D eigenvalue weighted by molar-refractivity contribution is -0.158. The van der Waals surface area contributed by atoms with Gasteiger partial charge in [0.2, 0.25) is 5.72 Å². The first-order chi connectivity index (χ1) is 14.9. The molecule has 2 aliphatic rings. The van der Waals surface area contributed by atoms with Gasteiger partial charge in [-0.3, -0.25) is 14.2 Å². The minimum absolute atomic E-state index is 0.204. The molecule has 1 aromatic heterocycles. The van der Waals surface area contributed by atoms with E-state index < -0.39 is 23.7 Å².